The molecule has 10 N–H and O–H groups in total. The minimum atomic E-state index is -4.24. The summed E-state index contributed by atoms with van der Waals surface area (Å²) >= 11 is 0. The fourth-order valence-electron chi connectivity index (χ4n) is 16.7. The predicted molar refractivity (Wildman–Crippen MR) is 449 cm³/mol. The second-order valence-electron chi connectivity index (χ2n) is 32.5. The van der Waals surface area contributed by atoms with Gasteiger partial charge in [-0.2, -0.15) is 20.4 Å². The highest BCUT2D eigenvalue weighted by Crippen LogP contribution is 2.44. The maximum Gasteiger partial charge on any atom is 0.333 e. The molecule has 16 rings (SSSR count). The minimum Gasteiger partial charge on any atom is -0.477 e. The van der Waals surface area contributed by atoms with E-state index in [1.165, 1.54) is 88.4 Å². The van der Waals surface area contributed by atoms with Crippen LogP contribution in [0.15, 0.2) is 74.7 Å². The van der Waals surface area contributed by atoms with Gasteiger partial charge in [0.2, 0.25) is 23.5 Å². The van der Waals surface area contributed by atoms with Gasteiger partial charge >= 0.3 is 24.1 Å². The van der Waals surface area contributed by atoms with Crippen LogP contribution in [0.3, 0.4) is 0 Å². The van der Waals surface area contributed by atoms with Crippen molar-refractivity contribution in [3.63, 3.8) is 0 Å². The lowest BCUT2D eigenvalue weighted by Gasteiger charge is -2.24. The molecule has 8 heterocycles. The maximum atomic E-state index is 14.1. The van der Waals surface area contributed by atoms with Gasteiger partial charge in [-0.05, 0) is 213 Å². The third-order valence-electron chi connectivity index (χ3n) is 22.8. The van der Waals surface area contributed by atoms with Gasteiger partial charge in [0, 0.05) is 42.8 Å². The Kier molecular flexibility index (Phi) is 26.6. The van der Waals surface area contributed by atoms with E-state index < -0.39 is 70.0 Å². The third kappa shape index (κ3) is 19.1. The highest BCUT2D eigenvalue weighted by Gasteiger charge is 2.38. The number of nitrogens with zero attached hydrogens (tertiary/aromatic N) is 8. The van der Waals surface area contributed by atoms with E-state index in [0.717, 1.165) is 129 Å². The van der Waals surface area contributed by atoms with Crippen LogP contribution in [0.2, 0.25) is 0 Å². The Morgan fingerprint density at radius 1 is 0.421 bits per heavy atom. The molecule has 0 radical (unpaired) electrons. The Labute approximate surface area is 704 Å². The molecule has 121 heavy (non-hydrogen) atoms. The van der Waals surface area contributed by atoms with Gasteiger partial charge in [-0.1, -0.05) is 79.2 Å². The van der Waals surface area contributed by atoms with E-state index in [1.807, 2.05) is 86.2 Å². The van der Waals surface area contributed by atoms with E-state index in [4.69, 9.17) is 23.7 Å². The molecule has 4 aliphatic carbocycles. The van der Waals surface area contributed by atoms with Crippen LogP contribution in [0.1, 0.15) is 189 Å². The van der Waals surface area contributed by atoms with Crippen LogP contribution in [0.4, 0.5) is 46.3 Å². The van der Waals surface area contributed by atoms with Crippen molar-refractivity contribution >= 4 is 87.0 Å². The molecular weight excluding hydrogens is 1640 g/mol. The van der Waals surface area contributed by atoms with Crippen molar-refractivity contribution in [3.05, 3.63) is 139 Å². The third-order valence-corrected chi connectivity index (χ3v) is 28.0. The van der Waals surface area contributed by atoms with E-state index in [-0.39, 0.29) is 98.2 Å². The van der Waals surface area contributed by atoms with Crippen molar-refractivity contribution in [3.8, 4) is 23.5 Å². The number of methoxy groups -OCH3 is 1. The summed E-state index contributed by atoms with van der Waals surface area (Å²) in [6, 6.07) is 5.75. The fourth-order valence-corrected chi connectivity index (χ4v) is 20.6. The standard InChI is InChI=1S/C21H30N4O5S.C20H28FN5O4S.C20H25N5O4S.C20H24N4O4S/c1-12(2)16-7-14(5)8-17(13(3)4)19(16)23-21(26)24-31(27,28)18-9-22-25-10-15(29-6)11-30-20(18)25;1-11(2)15-6-13(21)7-16(12(3)4)18(15)24-20(27)25-31(28,29)17-8-23-26-9-14(22-5)10-30-19(17)26;1-21-14-10-25-19(29-11-14)17(9-22-25)30(27,28)24-20(26)23-18-15-6-2-4-12(15)8-13-5-3-7-16(13)18;1-12-13-5-2-7-15(13)18(16-8-3-6-14(12)16)22-20(25)23-29(26,27)17-11-21-24-9-4-10-28-19(17)24/h7-9,12-13,15H,10-11H2,1-6H3,(H2,23,24,26);6-8,11-12,14,22H,9-10H2,1-5H3,(H2,24,25,27);8-9,14,21H,2-7,10-11H2,1H3,(H2,23,24,26);11H,2-10H2,1H3,(H2,22,23,25)/t15-;2*14-;/m111./s1. The number of aryl methyl sites for hydroxylation is 4. The van der Waals surface area contributed by atoms with Crippen LogP contribution in [-0.2, 0) is 122 Å². The SMILES string of the molecule is CN[C@H]1COc2c(S(=O)(=O)NC(=O)Nc3c(C(C)C)cc(F)cc3C(C)C)cnn2C1.CN[C@H]1COc2c(S(=O)(=O)NC(=O)Nc3c4c(cc5c3CCC5)CCC4)cnn2C1.CO[C@H]1COc2c(S(=O)(=O)NC(=O)Nc3c(C(C)C)cc(C)cc3C(C)C)cnn2C1.Cc1c2c(c(NC(=O)NS(=O)(=O)c3cnn4c3OCCC4)c3c1CCC3)CCC2. The molecule has 8 amide bonds. The molecule has 0 saturated carbocycles. The first-order chi connectivity index (χ1) is 57.5. The zero-order chi connectivity index (χ0) is 86.9. The summed E-state index contributed by atoms with van der Waals surface area (Å²) in [5.41, 5.74) is 18.0. The highest BCUT2D eigenvalue weighted by molar-refractivity contribution is 7.91. The molecule has 0 spiro atoms. The fraction of sp³-hybridized carbons (Fsp3) is 0.506. The van der Waals surface area contributed by atoms with Crippen molar-refractivity contribution in [2.75, 3.05) is 68.9 Å². The van der Waals surface area contributed by atoms with E-state index in [0.29, 0.717) is 61.9 Å². The number of fused-ring (bicyclic) bond motifs is 8. The smallest absolute Gasteiger partial charge is 0.333 e. The maximum absolute atomic E-state index is 14.1. The number of ether oxygens (including phenoxy) is 5. The molecule has 4 aromatic heterocycles. The van der Waals surface area contributed by atoms with Gasteiger partial charge in [-0.3, -0.25) is 0 Å². The topological polar surface area (TPSA) is 443 Å². The quantitative estimate of drug-likeness (QED) is 0.0360. The molecule has 0 fully saturated rings. The number of likely N-dealkylation sites (N-methyl/N-ethyl adjacent to an activating group) is 2. The molecule has 8 aromatic rings. The zero-order valence-corrected chi connectivity index (χ0v) is 73.4. The lowest BCUT2D eigenvalue weighted by molar-refractivity contribution is 0.0165. The highest BCUT2D eigenvalue weighted by atomic mass is 32.2. The van der Waals surface area contributed by atoms with Crippen molar-refractivity contribution in [1.82, 2.24) is 68.6 Å². The van der Waals surface area contributed by atoms with Gasteiger partial charge in [0.05, 0.1) is 63.1 Å². The molecular formula is C81H107FN18O17S4. The molecule has 654 valence electrons. The number of rotatable bonds is 19. The number of nitrogens with one attached hydrogen (secondary N) is 10. The van der Waals surface area contributed by atoms with Crippen LogP contribution >= 0.6 is 0 Å². The summed E-state index contributed by atoms with van der Waals surface area (Å²) < 4.78 is 158. The number of aromatic nitrogens is 8. The molecule has 0 saturated heterocycles. The van der Waals surface area contributed by atoms with Gasteiger partial charge in [0.15, 0.2) is 19.6 Å². The molecule has 8 aliphatic rings. The average Bonchev–Trinajstić information content (AvgIpc) is 1.66. The molecule has 4 aliphatic heterocycles. The van der Waals surface area contributed by atoms with Crippen molar-refractivity contribution in [2.24, 2.45) is 0 Å². The molecule has 0 bridgehead atoms. The van der Waals surface area contributed by atoms with Gasteiger partial charge < -0.3 is 55.6 Å². The first-order valence-electron chi connectivity index (χ1n) is 40.7. The number of carbonyl (C=O) groups excluding carboxylic acids is 4. The van der Waals surface area contributed by atoms with Gasteiger partial charge in [0.1, 0.15) is 31.7 Å². The number of benzene rings is 4. The van der Waals surface area contributed by atoms with E-state index in [2.05, 4.69) is 79.5 Å². The molecule has 4 aromatic carbocycles. The second kappa shape index (κ2) is 36.3. The minimum absolute atomic E-state index is 0.00148. The molecule has 35 nitrogen and oxygen atoms in total. The number of sulfonamides is 4. The average molecular weight is 1750 g/mol. The van der Waals surface area contributed by atoms with Crippen molar-refractivity contribution in [2.45, 2.75) is 240 Å². The molecule has 0 unspecified atom stereocenters. The van der Waals surface area contributed by atoms with Crippen LogP contribution < -0.4 is 69.7 Å². The largest absolute Gasteiger partial charge is 0.477 e. The van der Waals surface area contributed by atoms with E-state index in [9.17, 15) is 57.2 Å². The van der Waals surface area contributed by atoms with Gasteiger partial charge in [-0.15, -0.1) is 0 Å². The number of amides is 8. The summed E-state index contributed by atoms with van der Waals surface area (Å²) in [4.78, 5) is 50.2. The van der Waals surface area contributed by atoms with Crippen LogP contribution in [0.25, 0.3) is 0 Å². The van der Waals surface area contributed by atoms with Crippen LogP contribution in [0, 0.1) is 19.7 Å². The lowest BCUT2D eigenvalue weighted by Crippen LogP contribution is -2.40. The van der Waals surface area contributed by atoms with Crippen molar-refractivity contribution < 1.29 is 80.9 Å². The first kappa shape index (κ1) is 88.4. The Bertz CT molecular complexity index is 5500. The summed E-state index contributed by atoms with van der Waals surface area (Å²) in [7, 11) is -11.5. The van der Waals surface area contributed by atoms with E-state index in [1.54, 1.807) is 14.2 Å². The van der Waals surface area contributed by atoms with Crippen molar-refractivity contribution in [1.29, 1.82) is 0 Å². The number of hydrogen-bond acceptors (Lipinski definition) is 23. The number of halogens is 1. The van der Waals surface area contributed by atoms with Gasteiger partial charge in [-0.25, -0.2) is 94.9 Å². The van der Waals surface area contributed by atoms with Gasteiger partial charge in [0.25, 0.3) is 40.1 Å². The number of hydrogen-bond donors (Lipinski definition) is 10. The Morgan fingerprint density at radius 2 is 0.752 bits per heavy atom. The number of carbonyl (C=O) groups is 4. The summed E-state index contributed by atoms with van der Waals surface area (Å²) in [6.45, 7) is 22.9. The zero-order valence-electron chi connectivity index (χ0n) is 70.1. The van der Waals surface area contributed by atoms with Crippen LogP contribution in [0.5, 0.6) is 23.5 Å². The van der Waals surface area contributed by atoms with E-state index >= 15 is 0 Å². The number of anilines is 4. The second-order valence-corrected chi connectivity index (χ2v) is 39.1. The first-order valence-corrected chi connectivity index (χ1v) is 46.7. The summed E-state index contributed by atoms with van der Waals surface area (Å²) in [6.07, 6.45) is 17.3. The molecule has 40 heteroatoms. The normalized spacial score (nSPS) is 17.3. The summed E-state index contributed by atoms with van der Waals surface area (Å²) in [5, 5.41) is 33.5. The Balaban J connectivity index is 0.000000139. The van der Waals surface area contributed by atoms with Crippen LogP contribution in [-0.4, -0.2) is 163 Å². The Morgan fingerprint density at radius 3 is 1.14 bits per heavy atom. The summed E-state index contributed by atoms with van der Waals surface area (Å²) in [5.74, 6) is 0.233. The Hall–Kier alpha value is -10.4. The molecule has 3 atom stereocenters. The number of urea groups is 4. The monoisotopic (exact) mass is 1750 g/mol. The lowest BCUT2D eigenvalue weighted by atomic mass is 9.90. The predicted octanol–water partition coefficient (Wildman–Crippen LogP) is 9.93.